The van der Waals surface area contributed by atoms with Crippen molar-refractivity contribution in [3.05, 3.63) is 71.3 Å². The van der Waals surface area contributed by atoms with Crippen LogP contribution in [0.15, 0.2) is 54.6 Å². The van der Waals surface area contributed by atoms with Gasteiger partial charge in [0.25, 0.3) is 0 Å². The number of carbonyl (C=O) groups is 1. The van der Waals surface area contributed by atoms with Crippen LogP contribution in [0.4, 0.5) is 0 Å². The van der Waals surface area contributed by atoms with Crippen molar-refractivity contribution in [3.63, 3.8) is 0 Å². The van der Waals surface area contributed by atoms with E-state index in [1.807, 2.05) is 49.4 Å². The van der Waals surface area contributed by atoms with Crippen molar-refractivity contribution in [2.24, 2.45) is 0 Å². The molecule has 0 fully saturated rings. The molecule has 106 valence electrons. The maximum atomic E-state index is 12.2. The minimum absolute atomic E-state index is 0. The summed E-state index contributed by atoms with van der Waals surface area (Å²) in [6, 6.07) is 17.4. The number of benzene rings is 2. The minimum atomic E-state index is -0.179. The Kier molecular flexibility index (Phi) is 6.43. The zero-order chi connectivity index (χ0) is 13.7. The third-order valence-corrected chi connectivity index (χ3v) is 3.31. The van der Waals surface area contributed by atoms with E-state index < -0.39 is 0 Å². The molecule has 1 unspecified atom stereocenters. The van der Waals surface area contributed by atoms with Crippen LogP contribution in [-0.4, -0.2) is 11.8 Å². The Labute approximate surface area is 126 Å². The lowest BCUT2D eigenvalue weighted by Gasteiger charge is -2.14. The first kappa shape index (κ1) is 16.4. The van der Waals surface area contributed by atoms with Crippen LogP contribution in [0.1, 0.15) is 28.4 Å². The van der Waals surface area contributed by atoms with Gasteiger partial charge < -0.3 is 5.32 Å². The summed E-state index contributed by atoms with van der Waals surface area (Å²) in [6.07, 6.45) is 0. The molecule has 0 aliphatic rings. The molecule has 0 radical (unpaired) electrons. The van der Waals surface area contributed by atoms with Crippen LogP contribution < -0.4 is 5.32 Å². The van der Waals surface area contributed by atoms with Gasteiger partial charge >= 0.3 is 0 Å². The highest BCUT2D eigenvalue weighted by Crippen LogP contribution is 2.08. The molecule has 2 rings (SSSR count). The Morgan fingerprint density at radius 1 is 1.05 bits per heavy atom. The van der Waals surface area contributed by atoms with Crippen molar-refractivity contribution >= 4 is 18.2 Å². The van der Waals surface area contributed by atoms with Crippen molar-refractivity contribution in [2.45, 2.75) is 26.4 Å². The molecule has 0 bridgehead atoms. The molecule has 0 heterocycles. The Morgan fingerprint density at radius 3 is 2.30 bits per heavy atom. The van der Waals surface area contributed by atoms with Crippen molar-refractivity contribution in [1.29, 1.82) is 0 Å². The normalized spacial score (nSPS) is 11.5. The first-order valence-electron chi connectivity index (χ1n) is 6.55. The van der Waals surface area contributed by atoms with Crippen LogP contribution >= 0.6 is 12.4 Å². The Morgan fingerprint density at radius 2 is 1.65 bits per heavy atom. The molecule has 1 N–H and O–H groups in total. The third kappa shape index (κ3) is 4.19. The zero-order valence-corrected chi connectivity index (χ0v) is 12.6. The maximum Gasteiger partial charge on any atom is 0.179 e. The third-order valence-electron chi connectivity index (χ3n) is 3.31. The van der Waals surface area contributed by atoms with E-state index >= 15 is 0 Å². The number of nitrogens with one attached hydrogen (secondary N) is 1. The number of ketones is 1. The second kappa shape index (κ2) is 7.83. The number of Topliss-reactive ketones (excluding diaryl/α,β-unsaturated/α-hetero) is 1. The average molecular weight is 290 g/mol. The van der Waals surface area contributed by atoms with E-state index in [1.54, 1.807) is 0 Å². The van der Waals surface area contributed by atoms with Crippen molar-refractivity contribution < 1.29 is 4.79 Å². The molecule has 3 heteroatoms. The fraction of sp³-hybridized carbons (Fsp3) is 0.235. The Bertz CT molecular complexity index is 554. The average Bonchev–Trinajstić information content (AvgIpc) is 2.46. The number of carbonyl (C=O) groups excluding carboxylic acids is 1. The fourth-order valence-electron chi connectivity index (χ4n) is 2.02. The maximum absolute atomic E-state index is 12.2. The van der Waals surface area contributed by atoms with E-state index in [1.165, 1.54) is 11.1 Å². The van der Waals surface area contributed by atoms with Crippen molar-refractivity contribution in [1.82, 2.24) is 5.32 Å². The lowest BCUT2D eigenvalue weighted by molar-refractivity contribution is 0.0950. The first-order chi connectivity index (χ1) is 9.18. The van der Waals surface area contributed by atoms with Gasteiger partial charge in [0.1, 0.15) is 0 Å². The monoisotopic (exact) mass is 289 g/mol. The van der Waals surface area contributed by atoms with Crippen LogP contribution in [0.25, 0.3) is 0 Å². The first-order valence-corrected chi connectivity index (χ1v) is 6.55. The van der Waals surface area contributed by atoms with Crippen molar-refractivity contribution in [3.8, 4) is 0 Å². The summed E-state index contributed by atoms with van der Waals surface area (Å²) >= 11 is 0. The van der Waals surface area contributed by atoms with Gasteiger partial charge in [-0.25, -0.2) is 0 Å². The number of aryl methyl sites for hydroxylation is 1. The lowest BCUT2D eigenvalue weighted by atomic mass is 10.0. The SMILES string of the molecule is Cc1ccccc1CNC(C)C(=O)c1ccccc1.Cl. The molecule has 1 atom stereocenters. The van der Waals surface area contributed by atoms with Gasteiger partial charge in [-0.05, 0) is 25.0 Å². The van der Waals surface area contributed by atoms with Crippen LogP contribution in [-0.2, 0) is 6.54 Å². The zero-order valence-electron chi connectivity index (χ0n) is 11.8. The smallest absolute Gasteiger partial charge is 0.179 e. The van der Waals surface area contributed by atoms with E-state index in [-0.39, 0.29) is 24.2 Å². The molecule has 0 aliphatic heterocycles. The summed E-state index contributed by atoms with van der Waals surface area (Å²) in [5.74, 6) is 0.134. The van der Waals surface area contributed by atoms with E-state index in [4.69, 9.17) is 0 Å². The molecule has 20 heavy (non-hydrogen) atoms. The molecule has 0 spiro atoms. The topological polar surface area (TPSA) is 29.1 Å². The molecule has 0 saturated heterocycles. The lowest BCUT2D eigenvalue weighted by Crippen LogP contribution is -2.33. The molecule has 2 nitrogen and oxygen atoms in total. The molecule has 0 aromatic heterocycles. The standard InChI is InChI=1S/C17H19NO.ClH/c1-13-8-6-7-11-16(13)12-18-14(2)17(19)15-9-4-3-5-10-15;/h3-11,14,18H,12H2,1-2H3;1H. The van der Waals surface area contributed by atoms with Crippen LogP contribution in [0.5, 0.6) is 0 Å². The number of rotatable bonds is 5. The molecular formula is C17H20ClNO. The highest BCUT2D eigenvalue weighted by molar-refractivity contribution is 5.99. The van der Waals surface area contributed by atoms with Crippen LogP contribution in [0.2, 0.25) is 0 Å². The second-order valence-corrected chi connectivity index (χ2v) is 4.76. The predicted molar refractivity (Wildman–Crippen MR) is 85.5 cm³/mol. The minimum Gasteiger partial charge on any atom is -0.303 e. The summed E-state index contributed by atoms with van der Waals surface area (Å²) in [6.45, 7) is 4.71. The molecular weight excluding hydrogens is 270 g/mol. The van der Waals surface area contributed by atoms with Gasteiger partial charge in [0, 0.05) is 12.1 Å². The van der Waals surface area contributed by atoms with Gasteiger partial charge in [0.05, 0.1) is 6.04 Å². The van der Waals surface area contributed by atoms with Gasteiger partial charge in [-0.15, -0.1) is 12.4 Å². The molecule has 0 saturated carbocycles. The summed E-state index contributed by atoms with van der Waals surface area (Å²) < 4.78 is 0. The Hall–Kier alpha value is -1.64. The van der Waals surface area contributed by atoms with Gasteiger partial charge in [-0.3, -0.25) is 4.79 Å². The van der Waals surface area contributed by atoms with E-state index in [2.05, 4.69) is 24.4 Å². The van der Waals surface area contributed by atoms with Crippen molar-refractivity contribution in [2.75, 3.05) is 0 Å². The summed E-state index contributed by atoms with van der Waals surface area (Å²) in [5, 5.41) is 3.29. The summed E-state index contributed by atoms with van der Waals surface area (Å²) in [5.41, 5.74) is 3.23. The highest BCUT2D eigenvalue weighted by atomic mass is 35.5. The van der Waals surface area contributed by atoms with E-state index in [9.17, 15) is 4.79 Å². The second-order valence-electron chi connectivity index (χ2n) is 4.76. The molecule has 0 amide bonds. The highest BCUT2D eigenvalue weighted by Gasteiger charge is 2.14. The number of hydrogen-bond acceptors (Lipinski definition) is 2. The molecule has 2 aromatic rings. The van der Waals surface area contributed by atoms with Crippen LogP contribution in [0, 0.1) is 6.92 Å². The quantitative estimate of drug-likeness (QED) is 0.849. The largest absolute Gasteiger partial charge is 0.303 e. The van der Waals surface area contributed by atoms with Gasteiger partial charge in [-0.1, -0.05) is 54.6 Å². The predicted octanol–water partition coefficient (Wildman–Crippen LogP) is 3.78. The van der Waals surface area contributed by atoms with E-state index in [0.717, 1.165) is 5.56 Å². The van der Waals surface area contributed by atoms with Gasteiger partial charge in [0.15, 0.2) is 5.78 Å². The number of hydrogen-bond donors (Lipinski definition) is 1. The fourth-order valence-corrected chi connectivity index (χ4v) is 2.02. The van der Waals surface area contributed by atoms with Crippen LogP contribution in [0.3, 0.4) is 0 Å². The van der Waals surface area contributed by atoms with E-state index in [0.29, 0.717) is 6.54 Å². The number of halogens is 1. The van der Waals surface area contributed by atoms with Gasteiger partial charge in [-0.2, -0.15) is 0 Å². The molecule has 0 aliphatic carbocycles. The summed E-state index contributed by atoms with van der Waals surface area (Å²) in [4.78, 5) is 12.2. The Balaban J connectivity index is 0.00000200. The summed E-state index contributed by atoms with van der Waals surface area (Å²) in [7, 11) is 0. The van der Waals surface area contributed by atoms with Gasteiger partial charge in [0.2, 0.25) is 0 Å². The molecule has 2 aromatic carbocycles.